The SMILES string of the molecule is CCNCCCOc1ccc([N+](=O)[O-])cc1F. The van der Waals surface area contributed by atoms with Crippen LogP contribution in [0.5, 0.6) is 5.75 Å². The van der Waals surface area contributed by atoms with E-state index in [1.165, 1.54) is 12.1 Å². The van der Waals surface area contributed by atoms with Crippen LogP contribution in [0.1, 0.15) is 13.3 Å². The van der Waals surface area contributed by atoms with Crippen molar-refractivity contribution in [1.29, 1.82) is 0 Å². The highest BCUT2D eigenvalue weighted by Gasteiger charge is 2.11. The Balaban J connectivity index is 2.46. The zero-order chi connectivity index (χ0) is 12.7. The zero-order valence-corrected chi connectivity index (χ0v) is 9.61. The van der Waals surface area contributed by atoms with Crippen LogP contribution in [0, 0.1) is 15.9 Å². The summed E-state index contributed by atoms with van der Waals surface area (Å²) in [6.45, 7) is 4.05. The second kappa shape index (κ2) is 6.80. The van der Waals surface area contributed by atoms with Gasteiger partial charge in [-0.1, -0.05) is 6.92 Å². The summed E-state index contributed by atoms with van der Waals surface area (Å²) in [4.78, 5) is 9.75. The summed E-state index contributed by atoms with van der Waals surface area (Å²) in [5.74, 6) is -0.658. The Labute approximate surface area is 98.7 Å². The lowest BCUT2D eigenvalue weighted by atomic mass is 10.3. The summed E-state index contributed by atoms with van der Waals surface area (Å²) in [6, 6.07) is 3.36. The molecule has 0 heterocycles. The molecule has 0 unspecified atom stereocenters. The Bertz CT molecular complexity index is 385. The van der Waals surface area contributed by atoms with Crippen LogP contribution in [-0.4, -0.2) is 24.6 Å². The highest BCUT2D eigenvalue weighted by molar-refractivity contribution is 5.37. The van der Waals surface area contributed by atoms with Crippen molar-refractivity contribution in [1.82, 2.24) is 5.32 Å². The number of benzene rings is 1. The lowest BCUT2D eigenvalue weighted by Crippen LogP contribution is -2.16. The fourth-order valence-corrected chi connectivity index (χ4v) is 1.28. The van der Waals surface area contributed by atoms with Crippen LogP contribution in [0.25, 0.3) is 0 Å². The fourth-order valence-electron chi connectivity index (χ4n) is 1.28. The number of hydrogen-bond donors (Lipinski definition) is 1. The molecule has 0 fully saturated rings. The second-order valence-electron chi connectivity index (χ2n) is 3.43. The van der Waals surface area contributed by atoms with Crippen LogP contribution in [0.3, 0.4) is 0 Å². The lowest BCUT2D eigenvalue weighted by Gasteiger charge is -2.07. The Morgan fingerprint density at radius 1 is 1.53 bits per heavy atom. The molecule has 0 aliphatic rings. The molecule has 0 bridgehead atoms. The van der Waals surface area contributed by atoms with Gasteiger partial charge in [0, 0.05) is 6.07 Å². The minimum Gasteiger partial charge on any atom is -0.490 e. The van der Waals surface area contributed by atoms with E-state index in [1.807, 2.05) is 6.92 Å². The minimum absolute atomic E-state index is 0.0482. The van der Waals surface area contributed by atoms with E-state index in [-0.39, 0.29) is 11.4 Å². The Morgan fingerprint density at radius 3 is 2.88 bits per heavy atom. The molecule has 0 radical (unpaired) electrons. The standard InChI is InChI=1S/C11H15FN2O3/c1-2-13-6-3-7-17-11-5-4-9(14(15)16)8-10(11)12/h4-5,8,13H,2-3,6-7H2,1H3. The van der Waals surface area contributed by atoms with Crippen LogP contribution < -0.4 is 10.1 Å². The molecule has 1 aromatic rings. The van der Waals surface area contributed by atoms with Gasteiger partial charge in [-0.15, -0.1) is 0 Å². The molecule has 0 aliphatic carbocycles. The first-order chi connectivity index (χ1) is 8.15. The highest BCUT2D eigenvalue weighted by Crippen LogP contribution is 2.22. The number of ether oxygens (including phenoxy) is 1. The smallest absolute Gasteiger partial charge is 0.272 e. The van der Waals surface area contributed by atoms with Gasteiger partial charge >= 0.3 is 0 Å². The number of halogens is 1. The first-order valence-electron chi connectivity index (χ1n) is 5.42. The van der Waals surface area contributed by atoms with E-state index in [2.05, 4.69) is 5.32 Å². The summed E-state index contributed by atoms with van der Waals surface area (Å²) in [7, 11) is 0. The van der Waals surface area contributed by atoms with Crippen molar-refractivity contribution in [3.63, 3.8) is 0 Å². The van der Waals surface area contributed by atoms with E-state index in [9.17, 15) is 14.5 Å². The molecule has 1 N–H and O–H groups in total. The van der Waals surface area contributed by atoms with Crippen molar-refractivity contribution >= 4 is 5.69 Å². The van der Waals surface area contributed by atoms with Gasteiger partial charge in [-0.2, -0.15) is 0 Å². The minimum atomic E-state index is -0.706. The predicted octanol–water partition coefficient (Wildman–Crippen LogP) is 2.11. The van der Waals surface area contributed by atoms with E-state index in [0.29, 0.717) is 6.61 Å². The van der Waals surface area contributed by atoms with Gasteiger partial charge in [0.2, 0.25) is 0 Å². The van der Waals surface area contributed by atoms with Crippen molar-refractivity contribution < 1.29 is 14.1 Å². The van der Waals surface area contributed by atoms with Crippen molar-refractivity contribution in [2.24, 2.45) is 0 Å². The van der Waals surface area contributed by atoms with Gasteiger partial charge in [-0.05, 0) is 25.6 Å². The molecule has 0 aliphatic heterocycles. The lowest BCUT2D eigenvalue weighted by molar-refractivity contribution is -0.385. The normalized spacial score (nSPS) is 10.2. The van der Waals surface area contributed by atoms with Crippen molar-refractivity contribution in [3.8, 4) is 5.75 Å². The molecule has 17 heavy (non-hydrogen) atoms. The monoisotopic (exact) mass is 242 g/mol. The quantitative estimate of drug-likeness (QED) is 0.452. The Morgan fingerprint density at radius 2 is 2.29 bits per heavy atom. The van der Waals surface area contributed by atoms with Crippen LogP contribution in [0.4, 0.5) is 10.1 Å². The second-order valence-corrected chi connectivity index (χ2v) is 3.43. The first-order valence-corrected chi connectivity index (χ1v) is 5.42. The maximum absolute atomic E-state index is 13.3. The third-order valence-corrected chi connectivity index (χ3v) is 2.13. The first kappa shape index (κ1) is 13.4. The summed E-state index contributed by atoms with van der Waals surface area (Å²) < 4.78 is 18.5. The van der Waals surface area contributed by atoms with Gasteiger partial charge < -0.3 is 10.1 Å². The summed E-state index contributed by atoms with van der Waals surface area (Å²) >= 11 is 0. The number of non-ortho nitro benzene ring substituents is 1. The van der Waals surface area contributed by atoms with Crippen LogP contribution in [0.15, 0.2) is 18.2 Å². The molecule has 0 saturated carbocycles. The van der Waals surface area contributed by atoms with E-state index in [4.69, 9.17) is 4.74 Å². The van der Waals surface area contributed by atoms with Gasteiger partial charge in [0.1, 0.15) is 0 Å². The molecular weight excluding hydrogens is 227 g/mol. The largest absolute Gasteiger partial charge is 0.490 e. The van der Waals surface area contributed by atoms with Crippen LogP contribution >= 0.6 is 0 Å². The van der Waals surface area contributed by atoms with Crippen molar-refractivity contribution in [2.45, 2.75) is 13.3 Å². The third-order valence-electron chi connectivity index (χ3n) is 2.13. The number of nitrogens with one attached hydrogen (secondary N) is 1. The fraction of sp³-hybridized carbons (Fsp3) is 0.455. The molecule has 0 saturated heterocycles. The third kappa shape index (κ3) is 4.36. The van der Waals surface area contributed by atoms with E-state index in [1.54, 1.807) is 0 Å². The molecule has 94 valence electrons. The van der Waals surface area contributed by atoms with Gasteiger partial charge in [0.25, 0.3) is 5.69 Å². The molecule has 1 aromatic carbocycles. The van der Waals surface area contributed by atoms with Crippen LogP contribution in [0.2, 0.25) is 0 Å². The Kier molecular flexibility index (Phi) is 5.35. The molecule has 0 aromatic heterocycles. The number of rotatable bonds is 7. The molecule has 6 heteroatoms. The maximum Gasteiger partial charge on any atom is 0.272 e. The molecule has 0 spiro atoms. The molecule has 5 nitrogen and oxygen atoms in total. The van der Waals surface area contributed by atoms with Crippen LogP contribution in [-0.2, 0) is 0 Å². The van der Waals surface area contributed by atoms with Gasteiger partial charge in [-0.25, -0.2) is 4.39 Å². The predicted molar refractivity (Wildman–Crippen MR) is 61.7 cm³/mol. The number of hydrogen-bond acceptors (Lipinski definition) is 4. The average Bonchev–Trinajstić information content (AvgIpc) is 2.30. The van der Waals surface area contributed by atoms with Gasteiger partial charge in [-0.3, -0.25) is 10.1 Å². The van der Waals surface area contributed by atoms with Gasteiger partial charge in [0.15, 0.2) is 11.6 Å². The number of nitrogens with zero attached hydrogens (tertiary/aromatic N) is 1. The summed E-state index contributed by atoms with van der Waals surface area (Å²) in [6.07, 6.45) is 0.754. The molecule has 1 rings (SSSR count). The molecule has 0 atom stereocenters. The van der Waals surface area contributed by atoms with E-state index < -0.39 is 10.7 Å². The Hall–Kier alpha value is -1.69. The van der Waals surface area contributed by atoms with Crippen molar-refractivity contribution in [2.75, 3.05) is 19.7 Å². The van der Waals surface area contributed by atoms with E-state index in [0.717, 1.165) is 25.6 Å². The highest BCUT2D eigenvalue weighted by atomic mass is 19.1. The molecule has 0 amide bonds. The summed E-state index contributed by atoms with van der Waals surface area (Å²) in [5.41, 5.74) is -0.275. The average molecular weight is 242 g/mol. The maximum atomic E-state index is 13.3. The molecular formula is C11H15FN2O3. The zero-order valence-electron chi connectivity index (χ0n) is 9.61. The van der Waals surface area contributed by atoms with Crippen molar-refractivity contribution in [3.05, 3.63) is 34.1 Å². The topological polar surface area (TPSA) is 64.4 Å². The number of nitro groups is 1. The summed E-state index contributed by atoms with van der Waals surface area (Å²) in [5, 5.41) is 13.5. The number of nitro benzene ring substituents is 1. The van der Waals surface area contributed by atoms with Gasteiger partial charge in [0.05, 0.1) is 17.6 Å². The van der Waals surface area contributed by atoms with E-state index >= 15 is 0 Å².